The van der Waals surface area contributed by atoms with Crippen LogP contribution >= 0.6 is 0 Å². The molecule has 4 atom stereocenters. The summed E-state index contributed by atoms with van der Waals surface area (Å²) < 4.78 is 71.0. The average molecular weight is 838 g/mol. The monoisotopic (exact) mass is 837 g/mol. The van der Waals surface area contributed by atoms with Crippen LogP contribution in [0.1, 0.15) is 82.7 Å². The van der Waals surface area contributed by atoms with E-state index in [4.69, 9.17) is 9.47 Å². The summed E-state index contributed by atoms with van der Waals surface area (Å²) in [6, 6.07) is 6.47. The van der Waals surface area contributed by atoms with Gasteiger partial charge < -0.3 is 34.1 Å². The fourth-order valence-corrected chi connectivity index (χ4v) is 12.4. The van der Waals surface area contributed by atoms with Gasteiger partial charge in [-0.15, -0.1) is 0 Å². The Morgan fingerprint density at radius 2 is 1.75 bits per heavy atom. The third-order valence-corrected chi connectivity index (χ3v) is 15.6. The number of carbonyl (C=O) groups is 2. The Labute approximate surface area is 345 Å². The fraction of sp³-hybridized carbons (Fsp3) is 0.628. The number of piperidine rings is 2. The number of carbonyl (C=O) groups excluding carboxylic acids is 2. The Morgan fingerprint density at radius 1 is 0.966 bits per heavy atom. The third kappa shape index (κ3) is 8.40. The van der Waals surface area contributed by atoms with Gasteiger partial charge in [0.05, 0.1) is 17.3 Å². The van der Waals surface area contributed by atoms with Gasteiger partial charge in [-0.05, 0) is 114 Å². The molecular weight excluding hydrogens is 781 g/mol. The number of ether oxygens (including phenoxy) is 2. The molecule has 320 valence electrons. The number of anilines is 1. The van der Waals surface area contributed by atoms with Gasteiger partial charge in [-0.1, -0.05) is 12.5 Å². The maximum atomic E-state index is 15.6. The molecule has 59 heavy (non-hydrogen) atoms. The molecule has 0 spiro atoms. The van der Waals surface area contributed by atoms with Gasteiger partial charge in [0.15, 0.2) is 21.5 Å². The summed E-state index contributed by atoms with van der Waals surface area (Å²) in [5, 5.41) is 2.28. The number of nitrogens with one attached hydrogen (secondary N) is 1. The molecule has 0 radical (unpaired) electrons. The van der Waals surface area contributed by atoms with Gasteiger partial charge in [0, 0.05) is 81.7 Å². The molecule has 5 aliphatic rings. The normalized spacial score (nSPS) is 25.8. The number of hydrogen-bond donors (Lipinski definition) is 1. The van der Waals surface area contributed by atoms with Gasteiger partial charge in [0.1, 0.15) is 17.2 Å². The largest absolute Gasteiger partial charge is 0.453 e. The van der Waals surface area contributed by atoms with E-state index in [-0.39, 0.29) is 46.9 Å². The van der Waals surface area contributed by atoms with Crippen LogP contribution < -0.4 is 10.2 Å². The number of aromatic nitrogens is 3. The van der Waals surface area contributed by atoms with Gasteiger partial charge in [-0.3, -0.25) is 0 Å². The highest BCUT2D eigenvalue weighted by Gasteiger charge is 2.53. The molecule has 3 saturated heterocycles. The van der Waals surface area contributed by atoms with Crippen LogP contribution in [0.4, 0.5) is 24.2 Å². The number of amides is 2. The van der Waals surface area contributed by atoms with Gasteiger partial charge in [0.2, 0.25) is 0 Å². The van der Waals surface area contributed by atoms with Crippen LogP contribution in [-0.2, 0) is 37.7 Å². The summed E-state index contributed by atoms with van der Waals surface area (Å²) in [6.45, 7) is 10.1. The number of sulfone groups is 1. The first-order chi connectivity index (χ1) is 28.1. The number of likely N-dealkylation sites (tertiary alicyclic amines) is 2. The van der Waals surface area contributed by atoms with E-state index in [1.165, 1.54) is 18.2 Å². The van der Waals surface area contributed by atoms with Crippen molar-refractivity contribution in [2.24, 2.45) is 17.8 Å². The molecule has 6 heterocycles. The van der Waals surface area contributed by atoms with Gasteiger partial charge >= 0.3 is 12.2 Å². The van der Waals surface area contributed by atoms with E-state index < -0.39 is 44.1 Å². The highest BCUT2D eigenvalue weighted by atomic mass is 32.2. The van der Waals surface area contributed by atoms with Crippen molar-refractivity contribution >= 4 is 27.8 Å². The Morgan fingerprint density at radius 3 is 2.47 bits per heavy atom. The predicted molar refractivity (Wildman–Crippen MR) is 217 cm³/mol. The minimum atomic E-state index is -3.94. The quantitative estimate of drug-likeness (QED) is 0.290. The highest BCUT2D eigenvalue weighted by Crippen LogP contribution is 2.52. The molecule has 4 aliphatic heterocycles. The molecule has 2 amide bonds. The molecule has 1 N–H and O–H groups in total. The highest BCUT2D eigenvalue weighted by molar-refractivity contribution is 7.92. The first kappa shape index (κ1) is 41.4. The molecule has 8 rings (SSSR count). The second-order valence-corrected chi connectivity index (χ2v) is 20.6. The topological polar surface area (TPSA) is 139 Å². The maximum Gasteiger partial charge on any atom is 0.410 e. The van der Waals surface area contributed by atoms with Crippen LogP contribution in [0.25, 0.3) is 0 Å². The SMILES string of the molecule is COC(=O)N[C@H]1CCC[C@@H]1[C@]1(C2CCN(CC3CN(c4ncc(S(=O)(=O)[C@@H]5CCCN(C(=O)OC(C)(C)C)C5)cc4F)C3)CC2)Cn2ccnc2Cc2cc(F)cc1c2. The van der Waals surface area contributed by atoms with Crippen LogP contribution in [0.3, 0.4) is 0 Å². The van der Waals surface area contributed by atoms with Gasteiger partial charge in [0.25, 0.3) is 0 Å². The van der Waals surface area contributed by atoms with E-state index in [1.807, 2.05) is 17.3 Å². The van der Waals surface area contributed by atoms with Crippen molar-refractivity contribution in [3.8, 4) is 0 Å². The number of hydrogen-bond acceptors (Lipinski definition) is 10. The molecule has 2 aromatic heterocycles. The van der Waals surface area contributed by atoms with Crippen molar-refractivity contribution in [1.82, 2.24) is 29.7 Å². The first-order valence-corrected chi connectivity index (χ1v) is 22.7. The van der Waals surface area contributed by atoms with E-state index in [9.17, 15) is 18.0 Å². The standard InChI is InChI=1S/C43H57F2N7O6S/c1-42(2,3)58-41(54)50-13-6-7-33(26-50)59(55,56)34-21-36(45)39(47-22-34)52-24-29(25-52)23-49-14-10-30(11-15-49)43(35-8-5-9-37(35)48-40(53)57-4)27-51-16-12-46-38(51)19-28-17-31(43)20-32(44)18-28/h12,16-18,20-22,29-30,33,35,37H,5-11,13-15,19,23-27H2,1-4H3,(H,48,53)/t33-,35+,37+,43+/m1/s1. The zero-order chi connectivity index (χ0) is 41.7. The number of rotatable bonds is 8. The summed E-state index contributed by atoms with van der Waals surface area (Å²) in [4.78, 5) is 39.8. The lowest BCUT2D eigenvalue weighted by Gasteiger charge is -2.52. The minimum absolute atomic E-state index is 0.0162. The predicted octanol–water partition coefficient (Wildman–Crippen LogP) is 5.94. The Kier molecular flexibility index (Phi) is 11.4. The average Bonchev–Trinajstić information content (AvgIpc) is 3.83. The molecule has 1 saturated carbocycles. The number of imidazole rings is 1. The van der Waals surface area contributed by atoms with Crippen molar-refractivity contribution in [3.63, 3.8) is 0 Å². The van der Waals surface area contributed by atoms with Crippen molar-refractivity contribution in [2.45, 2.75) is 106 Å². The van der Waals surface area contributed by atoms with Crippen molar-refractivity contribution in [2.75, 3.05) is 57.8 Å². The number of fused-ring (bicyclic) bond motifs is 3. The Bertz CT molecular complexity index is 2150. The van der Waals surface area contributed by atoms with Gasteiger partial charge in [-0.25, -0.2) is 36.8 Å². The number of pyridine rings is 1. The lowest BCUT2D eigenvalue weighted by atomic mass is 9.57. The summed E-state index contributed by atoms with van der Waals surface area (Å²) in [5.41, 5.74) is 0.742. The molecular formula is C43H57F2N7O6S. The summed E-state index contributed by atoms with van der Waals surface area (Å²) in [5.74, 6) is 0.697. The molecule has 1 aromatic carbocycles. The number of halogens is 2. The second kappa shape index (κ2) is 16.3. The Balaban J connectivity index is 0.924. The number of benzene rings is 1. The van der Waals surface area contributed by atoms with E-state index in [0.717, 1.165) is 74.8 Å². The molecule has 13 nitrogen and oxygen atoms in total. The van der Waals surface area contributed by atoms with Crippen LogP contribution in [0.2, 0.25) is 0 Å². The molecule has 3 aromatic rings. The zero-order valence-electron chi connectivity index (χ0n) is 34.5. The van der Waals surface area contributed by atoms with Crippen molar-refractivity contribution < 1.29 is 36.3 Å². The number of methoxy groups -OCH3 is 1. The van der Waals surface area contributed by atoms with Gasteiger partial charge in [-0.2, -0.15) is 0 Å². The van der Waals surface area contributed by atoms with E-state index in [0.29, 0.717) is 45.4 Å². The van der Waals surface area contributed by atoms with Crippen LogP contribution in [-0.4, -0.2) is 115 Å². The lowest BCUT2D eigenvalue weighted by molar-refractivity contribution is 0.0219. The first-order valence-electron chi connectivity index (χ1n) is 21.1. The molecule has 2 bridgehead atoms. The summed E-state index contributed by atoms with van der Waals surface area (Å²) in [7, 11) is -2.56. The molecule has 1 aliphatic carbocycles. The summed E-state index contributed by atoms with van der Waals surface area (Å²) >= 11 is 0. The van der Waals surface area contributed by atoms with Crippen molar-refractivity contribution in [1.29, 1.82) is 0 Å². The van der Waals surface area contributed by atoms with Crippen LogP contribution in [0.15, 0.2) is 47.8 Å². The Hall–Kier alpha value is -4.31. The lowest BCUT2D eigenvalue weighted by Crippen LogP contribution is -2.56. The molecule has 4 fully saturated rings. The zero-order valence-corrected chi connectivity index (χ0v) is 35.4. The third-order valence-electron chi connectivity index (χ3n) is 13.4. The smallest absolute Gasteiger partial charge is 0.410 e. The van der Waals surface area contributed by atoms with Crippen LogP contribution in [0.5, 0.6) is 0 Å². The molecule has 0 unspecified atom stereocenters. The molecule has 16 heteroatoms. The minimum Gasteiger partial charge on any atom is -0.453 e. The maximum absolute atomic E-state index is 15.6. The van der Waals surface area contributed by atoms with E-state index in [2.05, 4.69) is 30.8 Å². The fourth-order valence-electron chi connectivity index (χ4n) is 10.7. The van der Waals surface area contributed by atoms with Crippen molar-refractivity contribution in [3.05, 3.63) is 71.4 Å². The second-order valence-electron chi connectivity index (χ2n) is 18.4. The number of nitrogens with zero attached hydrogens (tertiary/aromatic N) is 6. The van der Waals surface area contributed by atoms with E-state index in [1.54, 1.807) is 32.9 Å². The van der Waals surface area contributed by atoms with E-state index >= 15 is 8.78 Å². The summed E-state index contributed by atoms with van der Waals surface area (Å²) in [6.07, 6.45) is 10.0. The number of alkyl carbamates (subject to hydrolysis) is 1. The van der Waals surface area contributed by atoms with Crippen LogP contribution in [0, 0.1) is 29.4 Å².